The van der Waals surface area contributed by atoms with Gasteiger partial charge < -0.3 is 5.32 Å². The Morgan fingerprint density at radius 2 is 2.20 bits per heavy atom. The van der Waals surface area contributed by atoms with E-state index in [-0.39, 0.29) is 24.3 Å². The zero-order valence-corrected chi connectivity index (χ0v) is 9.80. The molecule has 0 aromatic rings. The fourth-order valence-electron chi connectivity index (χ4n) is 1.47. The highest BCUT2D eigenvalue weighted by molar-refractivity contribution is 7.84. The smallest absolute Gasteiger partial charge is 0.246 e. The van der Waals surface area contributed by atoms with E-state index in [1.54, 1.807) is 6.26 Å². The maximum absolute atomic E-state index is 11.4. The second-order valence-electron chi connectivity index (χ2n) is 3.63. The second kappa shape index (κ2) is 5.37. The molecule has 1 aliphatic rings. The van der Waals surface area contributed by atoms with Crippen molar-refractivity contribution in [1.29, 1.82) is 0 Å². The SMILES string of the molecule is CN1C(=O)CC(NCCCS(C)=O)C1=O. The molecular formula is C9H16N2O3S. The molecule has 2 amide bonds. The number of nitrogens with one attached hydrogen (secondary N) is 1. The summed E-state index contributed by atoms with van der Waals surface area (Å²) in [6, 6.07) is -0.382. The van der Waals surface area contributed by atoms with Crippen molar-refractivity contribution in [3.05, 3.63) is 0 Å². The molecule has 0 aliphatic carbocycles. The minimum Gasteiger partial charge on any atom is -0.305 e. The lowest BCUT2D eigenvalue weighted by Gasteiger charge is -2.10. The standard InChI is InChI=1S/C9H16N2O3S/c1-11-8(12)6-7(9(11)13)10-4-3-5-15(2)14/h7,10H,3-6H2,1-2H3. The molecule has 1 rings (SSSR count). The first-order valence-electron chi connectivity index (χ1n) is 4.86. The number of hydrogen-bond donors (Lipinski definition) is 1. The van der Waals surface area contributed by atoms with Gasteiger partial charge in [0, 0.05) is 29.9 Å². The average molecular weight is 232 g/mol. The van der Waals surface area contributed by atoms with Gasteiger partial charge in [-0.25, -0.2) is 0 Å². The number of carbonyl (C=O) groups is 2. The number of rotatable bonds is 5. The molecule has 2 unspecified atom stereocenters. The molecule has 1 fully saturated rings. The van der Waals surface area contributed by atoms with E-state index in [4.69, 9.17) is 0 Å². The van der Waals surface area contributed by atoms with E-state index in [0.29, 0.717) is 12.3 Å². The van der Waals surface area contributed by atoms with Gasteiger partial charge in [-0.2, -0.15) is 0 Å². The summed E-state index contributed by atoms with van der Waals surface area (Å²) in [6.07, 6.45) is 2.65. The summed E-state index contributed by atoms with van der Waals surface area (Å²) < 4.78 is 10.8. The van der Waals surface area contributed by atoms with Crippen molar-refractivity contribution in [2.75, 3.05) is 25.6 Å². The zero-order chi connectivity index (χ0) is 11.4. The number of carbonyl (C=O) groups excluding carboxylic acids is 2. The van der Waals surface area contributed by atoms with Gasteiger partial charge in [0.15, 0.2) is 0 Å². The molecule has 1 heterocycles. The quantitative estimate of drug-likeness (QED) is 0.493. The fourth-order valence-corrected chi connectivity index (χ4v) is 2.02. The maximum atomic E-state index is 11.4. The van der Waals surface area contributed by atoms with E-state index in [1.165, 1.54) is 7.05 Å². The molecule has 0 bridgehead atoms. The van der Waals surface area contributed by atoms with Gasteiger partial charge in [-0.05, 0) is 13.0 Å². The van der Waals surface area contributed by atoms with Gasteiger partial charge in [0.1, 0.15) is 0 Å². The Kier molecular flexibility index (Phi) is 4.41. The minimum atomic E-state index is -0.794. The first-order chi connectivity index (χ1) is 7.02. The van der Waals surface area contributed by atoms with Gasteiger partial charge in [0.25, 0.3) is 0 Å². The lowest BCUT2D eigenvalue weighted by Crippen LogP contribution is -2.37. The molecule has 0 aromatic carbocycles. The van der Waals surface area contributed by atoms with Crippen LogP contribution < -0.4 is 5.32 Å². The molecule has 5 nitrogen and oxygen atoms in total. The number of amides is 2. The predicted octanol–water partition coefficient (Wildman–Crippen LogP) is -0.898. The Bertz CT molecular complexity index is 293. The van der Waals surface area contributed by atoms with Crippen molar-refractivity contribution in [2.24, 2.45) is 0 Å². The van der Waals surface area contributed by atoms with E-state index in [0.717, 1.165) is 11.3 Å². The van der Waals surface area contributed by atoms with Crippen LogP contribution in [0.3, 0.4) is 0 Å². The molecule has 1 N–H and O–H groups in total. The summed E-state index contributed by atoms with van der Waals surface area (Å²) in [4.78, 5) is 23.7. The molecule has 6 heteroatoms. The summed E-state index contributed by atoms with van der Waals surface area (Å²) in [7, 11) is 0.700. The molecule has 1 saturated heterocycles. The van der Waals surface area contributed by atoms with Crippen molar-refractivity contribution in [3.63, 3.8) is 0 Å². The highest BCUT2D eigenvalue weighted by atomic mass is 32.2. The average Bonchev–Trinajstić information content (AvgIpc) is 2.41. The molecule has 2 atom stereocenters. The van der Waals surface area contributed by atoms with Crippen LogP contribution in [0.4, 0.5) is 0 Å². The van der Waals surface area contributed by atoms with Crippen molar-refractivity contribution in [3.8, 4) is 0 Å². The van der Waals surface area contributed by atoms with E-state index in [1.807, 2.05) is 0 Å². The number of likely N-dealkylation sites (N-methyl/N-ethyl adjacent to an activating group) is 1. The first kappa shape index (κ1) is 12.3. The Morgan fingerprint density at radius 1 is 1.53 bits per heavy atom. The van der Waals surface area contributed by atoms with Crippen molar-refractivity contribution in [2.45, 2.75) is 18.9 Å². The van der Waals surface area contributed by atoms with E-state index in [9.17, 15) is 13.8 Å². The summed E-state index contributed by atoms with van der Waals surface area (Å²) in [5, 5.41) is 3.00. The molecule has 86 valence electrons. The first-order valence-corrected chi connectivity index (χ1v) is 6.59. The van der Waals surface area contributed by atoms with Gasteiger partial charge in [-0.3, -0.25) is 18.7 Å². The third kappa shape index (κ3) is 3.39. The highest BCUT2D eigenvalue weighted by Gasteiger charge is 2.35. The molecule has 15 heavy (non-hydrogen) atoms. The number of hydrogen-bond acceptors (Lipinski definition) is 4. The second-order valence-corrected chi connectivity index (χ2v) is 5.19. The third-order valence-electron chi connectivity index (χ3n) is 2.38. The lowest BCUT2D eigenvalue weighted by atomic mass is 10.2. The fraction of sp³-hybridized carbons (Fsp3) is 0.778. The summed E-state index contributed by atoms with van der Waals surface area (Å²) >= 11 is 0. The molecule has 0 saturated carbocycles. The summed E-state index contributed by atoms with van der Waals surface area (Å²) in [5.74, 6) is 0.312. The number of likely N-dealkylation sites (tertiary alicyclic amines) is 1. The van der Waals surface area contributed by atoms with Gasteiger partial charge in [-0.1, -0.05) is 0 Å². The summed E-state index contributed by atoms with van der Waals surface area (Å²) in [6.45, 7) is 0.622. The molecule has 0 radical (unpaired) electrons. The Labute approximate surface area is 91.7 Å². The molecule has 0 aromatic heterocycles. The van der Waals surface area contributed by atoms with Crippen LogP contribution in [0.15, 0.2) is 0 Å². The molecular weight excluding hydrogens is 216 g/mol. The third-order valence-corrected chi connectivity index (χ3v) is 3.24. The van der Waals surface area contributed by atoms with Crippen LogP contribution in [0.2, 0.25) is 0 Å². The van der Waals surface area contributed by atoms with Crippen LogP contribution in [-0.4, -0.2) is 52.6 Å². The Balaban J connectivity index is 2.26. The van der Waals surface area contributed by atoms with Crippen LogP contribution in [0.25, 0.3) is 0 Å². The Hall–Kier alpha value is -0.750. The monoisotopic (exact) mass is 232 g/mol. The number of imide groups is 1. The topological polar surface area (TPSA) is 66.5 Å². The van der Waals surface area contributed by atoms with Gasteiger partial charge in [0.05, 0.1) is 12.5 Å². The van der Waals surface area contributed by atoms with Crippen LogP contribution >= 0.6 is 0 Å². The van der Waals surface area contributed by atoms with Crippen LogP contribution in [0, 0.1) is 0 Å². The van der Waals surface area contributed by atoms with E-state index >= 15 is 0 Å². The molecule has 0 spiro atoms. The summed E-state index contributed by atoms with van der Waals surface area (Å²) in [5.41, 5.74) is 0. The van der Waals surface area contributed by atoms with Crippen molar-refractivity contribution >= 4 is 22.6 Å². The predicted molar refractivity (Wildman–Crippen MR) is 57.7 cm³/mol. The number of nitrogens with zero attached hydrogens (tertiary/aromatic N) is 1. The van der Waals surface area contributed by atoms with E-state index < -0.39 is 10.8 Å². The largest absolute Gasteiger partial charge is 0.305 e. The zero-order valence-electron chi connectivity index (χ0n) is 8.99. The lowest BCUT2D eigenvalue weighted by molar-refractivity contribution is -0.137. The van der Waals surface area contributed by atoms with Crippen LogP contribution in [0.1, 0.15) is 12.8 Å². The van der Waals surface area contributed by atoms with Gasteiger partial charge in [0.2, 0.25) is 11.8 Å². The minimum absolute atomic E-state index is 0.142. The van der Waals surface area contributed by atoms with Crippen molar-refractivity contribution < 1.29 is 13.8 Å². The molecule has 1 aliphatic heterocycles. The maximum Gasteiger partial charge on any atom is 0.246 e. The van der Waals surface area contributed by atoms with Crippen molar-refractivity contribution in [1.82, 2.24) is 10.2 Å². The van der Waals surface area contributed by atoms with E-state index in [2.05, 4.69) is 5.32 Å². The highest BCUT2D eigenvalue weighted by Crippen LogP contribution is 2.10. The Morgan fingerprint density at radius 3 is 2.67 bits per heavy atom. The normalized spacial score (nSPS) is 23.6. The van der Waals surface area contributed by atoms with Gasteiger partial charge in [-0.15, -0.1) is 0 Å². The van der Waals surface area contributed by atoms with Crippen LogP contribution in [-0.2, 0) is 20.4 Å². The van der Waals surface area contributed by atoms with Gasteiger partial charge >= 0.3 is 0 Å². The van der Waals surface area contributed by atoms with Crippen LogP contribution in [0.5, 0.6) is 0 Å².